The van der Waals surface area contributed by atoms with E-state index in [1.165, 1.54) is 6.07 Å². The summed E-state index contributed by atoms with van der Waals surface area (Å²) in [7, 11) is 0. The van der Waals surface area contributed by atoms with E-state index in [1.807, 2.05) is 31.2 Å². The third-order valence-electron chi connectivity index (χ3n) is 3.14. The molecule has 0 atom stereocenters. The molecule has 0 radical (unpaired) electrons. The average molecular weight is 319 g/mol. The van der Waals surface area contributed by atoms with Gasteiger partial charge in [-0.15, -0.1) is 11.3 Å². The highest BCUT2D eigenvalue weighted by Crippen LogP contribution is 2.29. The SMILES string of the molecule is CCNCc1ccccc1NC(=O)c1cc([N+](=O)[O-])c(C)s1. The largest absolute Gasteiger partial charge is 0.321 e. The molecule has 0 bridgehead atoms. The predicted molar refractivity (Wildman–Crippen MR) is 87.5 cm³/mol. The van der Waals surface area contributed by atoms with Gasteiger partial charge in [0.1, 0.15) is 0 Å². The Kier molecular flexibility index (Phi) is 5.24. The minimum absolute atomic E-state index is 0.0175. The van der Waals surface area contributed by atoms with E-state index in [4.69, 9.17) is 0 Å². The summed E-state index contributed by atoms with van der Waals surface area (Å²) < 4.78 is 0. The summed E-state index contributed by atoms with van der Waals surface area (Å²) in [5.74, 6) is -0.329. The summed E-state index contributed by atoms with van der Waals surface area (Å²) in [5.41, 5.74) is 1.67. The molecule has 0 saturated carbocycles. The minimum Gasteiger partial charge on any atom is -0.321 e. The molecule has 2 N–H and O–H groups in total. The first-order valence-electron chi connectivity index (χ1n) is 6.87. The first-order chi connectivity index (χ1) is 10.5. The van der Waals surface area contributed by atoms with Gasteiger partial charge in [-0.2, -0.15) is 0 Å². The van der Waals surface area contributed by atoms with Crippen LogP contribution >= 0.6 is 11.3 Å². The van der Waals surface area contributed by atoms with Crippen molar-refractivity contribution in [3.63, 3.8) is 0 Å². The van der Waals surface area contributed by atoms with Gasteiger partial charge in [0, 0.05) is 18.3 Å². The third kappa shape index (κ3) is 3.69. The van der Waals surface area contributed by atoms with E-state index < -0.39 is 4.92 Å². The first-order valence-corrected chi connectivity index (χ1v) is 7.69. The van der Waals surface area contributed by atoms with Gasteiger partial charge in [0.15, 0.2) is 0 Å². The van der Waals surface area contributed by atoms with Crippen LogP contribution in [0, 0.1) is 17.0 Å². The number of nitrogens with one attached hydrogen (secondary N) is 2. The van der Waals surface area contributed by atoms with Gasteiger partial charge in [-0.05, 0) is 25.1 Å². The molecule has 7 heteroatoms. The number of nitrogens with zero attached hydrogens (tertiary/aromatic N) is 1. The van der Waals surface area contributed by atoms with Crippen molar-refractivity contribution in [1.82, 2.24) is 5.32 Å². The second-order valence-corrected chi connectivity index (χ2v) is 5.96. The topological polar surface area (TPSA) is 84.3 Å². The number of benzene rings is 1. The van der Waals surface area contributed by atoms with Crippen molar-refractivity contribution in [3.8, 4) is 0 Å². The van der Waals surface area contributed by atoms with E-state index in [0.29, 0.717) is 22.0 Å². The molecule has 0 aliphatic rings. The number of hydrogen-bond donors (Lipinski definition) is 2. The van der Waals surface area contributed by atoms with Crippen LogP contribution in [0.25, 0.3) is 0 Å². The number of carbonyl (C=O) groups excluding carboxylic acids is 1. The number of hydrogen-bond acceptors (Lipinski definition) is 5. The van der Waals surface area contributed by atoms with Crippen molar-refractivity contribution in [1.29, 1.82) is 0 Å². The number of rotatable bonds is 6. The van der Waals surface area contributed by atoms with Gasteiger partial charge in [-0.25, -0.2) is 0 Å². The first kappa shape index (κ1) is 16.1. The molecule has 1 amide bonds. The zero-order valence-corrected chi connectivity index (χ0v) is 13.2. The normalized spacial score (nSPS) is 10.5. The van der Waals surface area contributed by atoms with E-state index in [-0.39, 0.29) is 11.6 Å². The van der Waals surface area contributed by atoms with Crippen LogP contribution in [-0.4, -0.2) is 17.4 Å². The summed E-state index contributed by atoms with van der Waals surface area (Å²) in [4.78, 5) is 23.5. The summed E-state index contributed by atoms with van der Waals surface area (Å²) in [6, 6.07) is 8.82. The lowest BCUT2D eigenvalue weighted by molar-refractivity contribution is -0.385. The quantitative estimate of drug-likeness (QED) is 0.632. The van der Waals surface area contributed by atoms with Crippen LogP contribution in [0.2, 0.25) is 0 Å². The lowest BCUT2D eigenvalue weighted by atomic mass is 10.1. The average Bonchev–Trinajstić information content (AvgIpc) is 2.88. The number of carbonyl (C=O) groups is 1. The Morgan fingerprint density at radius 1 is 1.36 bits per heavy atom. The third-order valence-corrected chi connectivity index (χ3v) is 4.18. The Hall–Kier alpha value is -2.25. The molecule has 2 aromatic rings. The van der Waals surface area contributed by atoms with Crippen molar-refractivity contribution in [2.24, 2.45) is 0 Å². The van der Waals surface area contributed by atoms with Crippen molar-refractivity contribution < 1.29 is 9.72 Å². The number of aryl methyl sites for hydroxylation is 1. The van der Waals surface area contributed by atoms with Gasteiger partial charge >= 0.3 is 0 Å². The number of amides is 1. The molecule has 2 rings (SSSR count). The molecule has 0 unspecified atom stereocenters. The summed E-state index contributed by atoms with van der Waals surface area (Å²) in [5, 5.41) is 16.9. The van der Waals surface area contributed by atoms with Crippen molar-refractivity contribution in [2.45, 2.75) is 20.4 Å². The molecule has 1 aromatic heterocycles. The fourth-order valence-corrected chi connectivity index (χ4v) is 2.89. The van der Waals surface area contributed by atoms with Gasteiger partial charge < -0.3 is 10.6 Å². The molecule has 116 valence electrons. The fourth-order valence-electron chi connectivity index (χ4n) is 2.01. The number of anilines is 1. The number of thiophene rings is 1. The van der Waals surface area contributed by atoms with Crippen molar-refractivity contribution in [2.75, 3.05) is 11.9 Å². The molecular formula is C15H17N3O3S. The molecule has 0 spiro atoms. The highest BCUT2D eigenvalue weighted by atomic mass is 32.1. The molecule has 0 saturated heterocycles. The van der Waals surface area contributed by atoms with E-state index in [2.05, 4.69) is 10.6 Å². The van der Waals surface area contributed by atoms with Gasteiger partial charge in [-0.3, -0.25) is 14.9 Å². The number of nitro groups is 1. The fraction of sp³-hybridized carbons (Fsp3) is 0.267. The highest BCUT2D eigenvalue weighted by Gasteiger charge is 2.20. The van der Waals surface area contributed by atoms with Crippen LogP contribution < -0.4 is 10.6 Å². The summed E-state index contributed by atoms with van der Waals surface area (Å²) >= 11 is 1.12. The second-order valence-electron chi connectivity index (χ2n) is 4.70. The summed E-state index contributed by atoms with van der Waals surface area (Å²) in [6.45, 7) is 5.13. The predicted octanol–water partition coefficient (Wildman–Crippen LogP) is 3.33. The van der Waals surface area contributed by atoms with E-state index in [1.54, 1.807) is 6.92 Å². The maximum Gasteiger partial charge on any atom is 0.283 e. The lowest BCUT2D eigenvalue weighted by Crippen LogP contribution is -2.16. The molecule has 6 nitrogen and oxygen atoms in total. The van der Waals surface area contributed by atoms with Crippen LogP contribution in [0.1, 0.15) is 27.0 Å². The van der Waals surface area contributed by atoms with Crippen LogP contribution in [0.5, 0.6) is 0 Å². The maximum absolute atomic E-state index is 12.3. The van der Waals surface area contributed by atoms with Gasteiger partial charge in [0.05, 0.1) is 14.7 Å². The van der Waals surface area contributed by atoms with Crippen molar-refractivity contribution in [3.05, 3.63) is 55.8 Å². The zero-order chi connectivity index (χ0) is 16.1. The molecule has 0 aliphatic carbocycles. The Morgan fingerprint density at radius 3 is 2.73 bits per heavy atom. The molecule has 0 aliphatic heterocycles. The highest BCUT2D eigenvalue weighted by molar-refractivity contribution is 7.14. The second kappa shape index (κ2) is 7.15. The smallest absolute Gasteiger partial charge is 0.283 e. The van der Waals surface area contributed by atoms with Crippen LogP contribution in [0.4, 0.5) is 11.4 Å². The minimum atomic E-state index is -0.471. The Morgan fingerprint density at radius 2 is 2.09 bits per heavy atom. The molecule has 22 heavy (non-hydrogen) atoms. The monoisotopic (exact) mass is 319 g/mol. The summed E-state index contributed by atoms with van der Waals surface area (Å²) in [6.07, 6.45) is 0. The zero-order valence-electron chi connectivity index (χ0n) is 12.4. The standard InChI is InChI=1S/C15H17N3O3S/c1-3-16-9-11-6-4-5-7-12(11)17-15(19)14-8-13(18(20)21)10(2)22-14/h4-8,16H,3,9H2,1-2H3,(H,17,19). The van der Waals surface area contributed by atoms with E-state index >= 15 is 0 Å². The maximum atomic E-state index is 12.3. The van der Waals surface area contributed by atoms with Crippen LogP contribution in [-0.2, 0) is 6.54 Å². The Balaban J connectivity index is 2.18. The number of para-hydroxylation sites is 1. The van der Waals surface area contributed by atoms with Gasteiger partial charge in [0.25, 0.3) is 11.6 Å². The molecule has 0 fully saturated rings. The Bertz CT molecular complexity index is 697. The van der Waals surface area contributed by atoms with E-state index in [0.717, 1.165) is 23.4 Å². The lowest BCUT2D eigenvalue weighted by Gasteiger charge is -2.10. The Labute approximate surface area is 132 Å². The van der Waals surface area contributed by atoms with Crippen molar-refractivity contribution >= 4 is 28.6 Å². The van der Waals surface area contributed by atoms with E-state index in [9.17, 15) is 14.9 Å². The van der Waals surface area contributed by atoms with Crippen LogP contribution in [0.15, 0.2) is 30.3 Å². The van der Waals surface area contributed by atoms with Gasteiger partial charge in [0.2, 0.25) is 0 Å². The molecule has 1 heterocycles. The molecule has 1 aromatic carbocycles. The molecular weight excluding hydrogens is 302 g/mol. The van der Waals surface area contributed by atoms with Crippen LogP contribution in [0.3, 0.4) is 0 Å². The van der Waals surface area contributed by atoms with Gasteiger partial charge in [-0.1, -0.05) is 25.1 Å².